The highest BCUT2D eigenvalue weighted by Crippen LogP contribution is 2.29. The first kappa shape index (κ1) is 20.6. The normalized spacial score (nSPS) is 10.6. The van der Waals surface area contributed by atoms with E-state index in [0.717, 1.165) is 5.56 Å². The van der Waals surface area contributed by atoms with Crippen LogP contribution in [0.5, 0.6) is 0 Å². The lowest BCUT2D eigenvalue weighted by atomic mass is 10.2. The van der Waals surface area contributed by atoms with E-state index >= 15 is 0 Å². The Labute approximate surface area is 175 Å². The highest BCUT2D eigenvalue weighted by atomic mass is 32.2. The van der Waals surface area contributed by atoms with Crippen molar-refractivity contribution in [3.63, 3.8) is 0 Å². The number of benzene rings is 1. The fraction of sp³-hybridized carbons (Fsp3) is 0.200. The topological polar surface area (TPSA) is 110 Å². The molecule has 3 aromatic rings. The number of nitrogens with one attached hydrogen (secondary N) is 2. The minimum Gasteiger partial charge on any atom is -0.301 e. The Morgan fingerprint density at radius 2 is 1.57 bits per heavy atom. The van der Waals surface area contributed by atoms with Crippen LogP contribution in [0.3, 0.4) is 0 Å². The van der Waals surface area contributed by atoms with Crippen molar-refractivity contribution in [2.45, 2.75) is 21.4 Å². The predicted octanol–water partition coefficient (Wildman–Crippen LogP) is 3.51. The Balaban J connectivity index is 1.43. The van der Waals surface area contributed by atoms with Crippen molar-refractivity contribution in [1.82, 2.24) is 20.4 Å². The summed E-state index contributed by atoms with van der Waals surface area (Å²) in [7, 11) is 0. The van der Waals surface area contributed by atoms with Crippen LogP contribution in [0.2, 0.25) is 0 Å². The van der Waals surface area contributed by atoms with Crippen LogP contribution in [0.1, 0.15) is 12.5 Å². The summed E-state index contributed by atoms with van der Waals surface area (Å²) < 4.78 is 14.2. The third-order valence-electron chi connectivity index (χ3n) is 2.94. The maximum atomic E-state index is 12.9. The fourth-order valence-electron chi connectivity index (χ4n) is 1.80. The van der Waals surface area contributed by atoms with Crippen LogP contribution in [-0.2, 0) is 15.3 Å². The average Bonchev–Trinajstić information content (AvgIpc) is 3.28. The number of anilines is 2. The Bertz CT molecular complexity index is 962. The molecule has 0 saturated carbocycles. The molecule has 3 rings (SSSR count). The molecule has 2 heterocycles. The molecule has 0 fully saturated rings. The van der Waals surface area contributed by atoms with Gasteiger partial charge in [0.2, 0.25) is 22.1 Å². The van der Waals surface area contributed by atoms with Crippen molar-refractivity contribution in [2.24, 2.45) is 0 Å². The minimum absolute atomic E-state index is 0.131. The molecule has 0 unspecified atom stereocenters. The minimum atomic E-state index is -0.271. The molecule has 28 heavy (non-hydrogen) atoms. The second-order valence-corrected chi connectivity index (χ2v) is 9.58. The number of carbonyl (C=O) groups is 2. The number of thioether (sulfide) groups is 2. The Morgan fingerprint density at radius 1 is 0.964 bits per heavy atom. The number of hydrogen-bond donors (Lipinski definition) is 2. The second kappa shape index (κ2) is 9.91. The molecule has 0 bridgehead atoms. The van der Waals surface area contributed by atoms with Crippen molar-refractivity contribution in [3.8, 4) is 0 Å². The highest BCUT2D eigenvalue weighted by Gasteiger charge is 2.12. The molecule has 13 heteroatoms. The summed E-state index contributed by atoms with van der Waals surface area (Å²) in [5, 5.41) is 21.7. The molecule has 0 atom stereocenters. The number of aromatic nitrogens is 4. The zero-order valence-corrected chi connectivity index (χ0v) is 17.6. The van der Waals surface area contributed by atoms with Gasteiger partial charge in [0.05, 0.1) is 5.75 Å². The fourth-order valence-corrected chi connectivity index (χ4v) is 5.12. The van der Waals surface area contributed by atoms with Crippen LogP contribution >= 0.6 is 46.2 Å². The number of carbonyl (C=O) groups excluding carboxylic acids is 2. The number of nitrogens with zero attached hydrogens (tertiary/aromatic N) is 4. The van der Waals surface area contributed by atoms with Crippen LogP contribution in [0, 0.1) is 5.82 Å². The SMILES string of the molecule is CC(=O)Nc1nnc(SCC(=O)Nc2nnc(SCc3ccc(F)cc3)s2)s1. The monoisotopic (exact) mass is 456 g/mol. The van der Waals surface area contributed by atoms with E-state index in [-0.39, 0.29) is 23.4 Å². The number of amides is 2. The predicted molar refractivity (Wildman–Crippen MR) is 109 cm³/mol. The molecular formula is C15H13FN6O2S4. The van der Waals surface area contributed by atoms with Gasteiger partial charge in [-0.25, -0.2) is 4.39 Å². The number of hydrogen-bond acceptors (Lipinski definition) is 10. The summed E-state index contributed by atoms with van der Waals surface area (Å²) in [5.41, 5.74) is 0.972. The standard InChI is InChI=1S/C15H13FN6O2S4/c1-8(23)17-12-19-22-15(27-12)26-7-11(24)18-13-20-21-14(28-13)25-6-9-2-4-10(16)5-3-9/h2-5H,6-7H2,1H3,(H,17,19,23)(H,18,20,24). The van der Waals surface area contributed by atoms with Gasteiger partial charge in [-0.15, -0.1) is 20.4 Å². The van der Waals surface area contributed by atoms with Gasteiger partial charge in [-0.05, 0) is 17.7 Å². The van der Waals surface area contributed by atoms with E-state index in [1.165, 1.54) is 65.3 Å². The first-order chi connectivity index (χ1) is 13.5. The Kier molecular flexibility index (Phi) is 7.30. The van der Waals surface area contributed by atoms with E-state index in [4.69, 9.17) is 0 Å². The van der Waals surface area contributed by atoms with Gasteiger partial charge in [-0.1, -0.05) is 58.3 Å². The summed E-state index contributed by atoms with van der Waals surface area (Å²) in [6.07, 6.45) is 0. The van der Waals surface area contributed by atoms with Crippen molar-refractivity contribution in [3.05, 3.63) is 35.6 Å². The largest absolute Gasteiger partial charge is 0.301 e. The highest BCUT2D eigenvalue weighted by molar-refractivity contribution is 8.01. The molecule has 2 amide bonds. The first-order valence-corrected chi connectivity index (χ1v) is 11.3. The van der Waals surface area contributed by atoms with Crippen LogP contribution in [-0.4, -0.2) is 38.0 Å². The lowest BCUT2D eigenvalue weighted by Crippen LogP contribution is -2.13. The molecule has 1 aromatic carbocycles. The van der Waals surface area contributed by atoms with E-state index in [0.29, 0.717) is 24.7 Å². The summed E-state index contributed by atoms with van der Waals surface area (Å²) in [4.78, 5) is 23.0. The van der Waals surface area contributed by atoms with Gasteiger partial charge in [-0.3, -0.25) is 14.9 Å². The molecule has 0 radical (unpaired) electrons. The van der Waals surface area contributed by atoms with Gasteiger partial charge in [0, 0.05) is 12.7 Å². The molecule has 0 saturated heterocycles. The van der Waals surface area contributed by atoms with E-state index in [1.54, 1.807) is 12.1 Å². The van der Waals surface area contributed by atoms with Crippen LogP contribution in [0.4, 0.5) is 14.7 Å². The molecule has 0 aliphatic carbocycles. The quantitative estimate of drug-likeness (QED) is 0.391. The van der Waals surface area contributed by atoms with Crippen molar-refractivity contribution in [2.75, 3.05) is 16.4 Å². The van der Waals surface area contributed by atoms with E-state index < -0.39 is 0 Å². The molecule has 2 aromatic heterocycles. The third kappa shape index (κ3) is 6.51. The maximum Gasteiger partial charge on any atom is 0.236 e. The van der Waals surface area contributed by atoms with Gasteiger partial charge >= 0.3 is 0 Å². The zero-order valence-electron chi connectivity index (χ0n) is 14.3. The van der Waals surface area contributed by atoms with E-state index in [9.17, 15) is 14.0 Å². The number of halogens is 1. The van der Waals surface area contributed by atoms with Gasteiger partial charge in [0.1, 0.15) is 5.82 Å². The van der Waals surface area contributed by atoms with Crippen LogP contribution in [0.25, 0.3) is 0 Å². The van der Waals surface area contributed by atoms with Crippen molar-refractivity contribution in [1.29, 1.82) is 0 Å². The number of rotatable bonds is 8. The maximum absolute atomic E-state index is 12.9. The zero-order chi connectivity index (χ0) is 19.9. The smallest absolute Gasteiger partial charge is 0.236 e. The van der Waals surface area contributed by atoms with Gasteiger partial charge in [0.15, 0.2) is 8.68 Å². The molecule has 8 nitrogen and oxygen atoms in total. The van der Waals surface area contributed by atoms with Crippen LogP contribution in [0.15, 0.2) is 32.9 Å². The average molecular weight is 457 g/mol. The van der Waals surface area contributed by atoms with E-state index in [1.807, 2.05) is 0 Å². The molecule has 2 N–H and O–H groups in total. The van der Waals surface area contributed by atoms with Crippen molar-refractivity contribution >= 4 is 68.3 Å². The van der Waals surface area contributed by atoms with Gasteiger partial charge in [0.25, 0.3) is 0 Å². The Hall–Kier alpha value is -2.09. The Morgan fingerprint density at radius 3 is 2.21 bits per heavy atom. The molecular weight excluding hydrogens is 443 g/mol. The summed E-state index contributed by atoms with van der Waals surface area (Å²) in [6, 6.07) is 6.26. The third-order valence-corrected chi connectivity index (χ3v) is 6.96. The van der Waals surface area contributed by atoms with Gasteiger partial charge < -0.3 is 5.32 Å². The summed E-state index contributed by atoms with van der Waals surface area (Å²) in [5.74, 6) is 0.0216. The van der Waals surface area contributed by atoms with Gasteiger partial charge in [-0.2, -0.15) is 0 Å². The molecule has 146 valence electrons. The molecule has 0 aliphatic heterocycles. The lowest BCUT2D eigenvalue weighted by Gasteiger charge is -1.99. The molecule has 0 spiro atoms. The molecule has 0 aliphatic rings. The first-order valence-electron chi connectivity index (χ1n) is 7.72. The second-order valence-electron chi connectivity index (χ2n) is 5.18. The van der Waals surface area contributed by atoms with Crippen molar-refractivity contribution < 1.29 is 14.0 Å². The summed E-state index contributed by atoms with van der Waals surface area (Å²) in [6.45, 7) is 1.38. The lowest BCUT2D eigenvalue weighted by molar-refractivity contribution is -0.114. The van der Waals surface area contributed by atoms with Crippen LogP contribution < -0.4 is 10.6 Å². The van der Waals surface area contributed by atoms with E-state index in [2.05, 4.69) is 31.0 Å². The summed E-state index contributed by atoms with van der Waals surface area (Å²) >= 11 is 5.14.